The van der Waals surface area contributed by atoms with Crippen LogP contribution in [0.3, 0.4) is 0 Å². The molecule has 4 radical (unpaired) electrons. The molecule has 6 aliphatic carbocycles. The van der Waals surface area contributed by atoms with E-state index >= 15 is 0 Å². The molecule has 0 amide bonds. The molecule has 6 rings (SSSR count). The third-order valence-corrected chi connectivity index (χ3v) is 18.6. The van der Waals surface area contributed by atoms with E-state index < -0.39 is 0 Å². The summed E-state index contributed by atoms with van der Waals surface area (Å²) in [5.74, 6) is 9.70. The van der Waals surface area contributed by atoms with Gasteiger partial charge < -0.3 is 10.2 Å². The second-order valence-corrected chi connectivity index (χ2v) is 24.0. The zero-order chi connectivity index (χ0) is 42.1. The number of hydrogen-bond acceptors (Lipinski definition) is 3. The average Bonchev–Trinajstić information content (AvgIpc) is 3.80. The fourth-order valence-corrected chi connectivity index (χ4v) is 15.3. The van der Waals surface area contributed by atoms with Crippen LogP contribution in [0.1, 0.15) is 237 Å². The molecule has 0 aliphatic heterocycles. The van der Waals surface area contributed by atoms with Gasteiger partial charge in [-0.25, -0.2) is 0 Å². The van der Waals surface area contributed by atoms with Crippen molar-refractivity contribution in [1.82, 2.24) is 0 Å². The quantitative estimate of drug-likeness (QED) is 0.172. The summed E-state index contributed by atoms with van der Waals surface area (Å²) in [7, 11) is 0. The molecule has 0 heterocycles. The molecule has 0 bridgehead atoms. The Morgan fingerprint density at radius 1 is 0.459 bits per heavy atom. The SMILES string of the molecule is CC(C)CCC[C@@H](C)C1CC[C@H]2C(=O)CCC[C@]12C.CC(C)CCC[C@@H](C)C1CC[C@H]2[C@@H](O)CCC[C@]12C.CC(C)CCC[C@@H](C)C1CC[C@H]2[C@@H](O)CCC[C@]12C.[Y].[Y].[Y].[Y]. The van der Waals surface area contributed by atoms with Crippen molar-refractivity contribution in [2.24, 2.45) is 87.3 Å². The third kappa shape index (κ3) is 17.7. The number of Topliss-reactive ketones (excluding diaryl/α,β-unsaturated/α-hetero) is 1. The first kappa shape index (κ1) is 65.0. The van der Waals surface area contributed by atoms with E-state index in [1.165, 1.54) is 128 Å². The van der Waals surface area contributed by atoms with Gasteiger partial charge in [0.15, 0.2) is 0 Å². The molecule has 6 saturated carbocycles. The number of fused-ring (bicyclic) bond motifs is 3. The maximum atomic E-state index is 12.2. The van der Waals surface area contributed by atoms with Crippen molar-refractivity contribution in [3.63, 3.8) is 0 Å². The minimum atomic E-state index is -0.00776. The summed E-state index contributed by atoms with van der Waals surface area (Å²) in [6.07, 6.45) is 30.7. The molecular weight excluding hydrogens is 1050 g/mol. The van der Waals surface area contributed by atoms with E-state index in [0.29, 0.717) is 39.8 Å². The van der Waals surface area contributed by atoms with E-state index in [0.717, 1.165) is 78.9 Å². The van der Waals surface area contributed by atoms with Gasteiger partial charge in [-0.3, -0.25) is 4.79 Å². The smallest absolute Gasteiger partial charge is 0.136 e. The molecule has 2 N–H and O–H groups in total. The van der Waals surface area contributed by atoms with Crippen LogP contribution in [-0.2, 0) is 136 Å². The van der Waals surface area contributed by atoms with Gasteiger partial charge in [0.25, 0.3) is 0 Å². The Labute approximate surface area is 481 Å². The van der Waals surface area contributed by atoms with E-state index in [9.17, 15) is 15.0 Å². The fraction of sp³-hybridized carbons (Fsp3) is 0.981. The van der Waals surface area contributed by atoms with Crippen LogP contribution >= 0.6 is 0 Å². The van der Waals surface area contributed by atoms with E-state index in [4.69, 9.17) is 0 Å². The number of rotatable bonds is 15. The Hall–Kier alpha value is 4.01. The molecular formula is C54H100O3Y4. The molecule has 6 fully saturated rings. The van der Waals surface area contributed by atoms with Crippen molar-refractivity contribution in [3.05, 3.63) is 0 Å². The van der Waals surface area contributed by atoms with Crippen molar-refractivity contribution in [3.8, 4) is 0 Å². The number of aliphatic hydroxyl groups is 2. The summed E-state index contributed by atoms with van der Waals surface area (Å²) in [5.41, 5.74) is 1.22. The van der Waals surface area contributed by atoms with Crippen LogP contribution in [0.5, 0.6) is 0 Å². The molecule has 7 heteroatoms. The van der Waals surface area contributed by atoms with Crippen molar-refractivity contribution >= 4 is 5.78 Å². The Bertz CT molecular complexity index is 1140. The number of ketones is 1. The summed E-state index contributed by atoms with van der Waals surface area (Å²) in [6, 6.07) is 0. The van der Waals surface area contributed by atoms with E-state index in [2.05, 4.69) is 83.1 Å². The van der Waals surface area contributed by atoms with Crippen molar-refractivity contribution in [1.29, 1.82) is 0 Å². The first-order valence-electron chi connectivity index (χ1n) is 25.7. The summed E-state index contributed by atoms with van der Waals surface area (Å²) in [6.45, 7) is 28.7. The van der Waals surface area contributed by atoms with Crippen molar-refractivity contribution in [2.45, 2.75) is 249 Å². The molecule has 3 nitrogen and oxygen atoms in total. The molecule has 14 atom stereocenters. The van der Waals surface area contributed by atoms with Gasteiger partial charge >= 0.3 is 0 Å². The van der Waals surface area contributed by atoms with Gasteiger partial charge in [0.1, 0.15) is 5.78 Å². The Kier molecular flexibility index (Phi) is 32.7. The molecule has 61 heavy (non-hydrogen) atoms. The fourth-order valence-electron chi connectivity index (χ4n) is 15.3. The largest absolute Gasteiger partial charge is 0.393 e. The molecule has 0 aromatic rings. The Balaban J connectivity index is 0.000000857. The standard InChI is InChI=1S/2C18H34O.C18H32O.4Y/c3*1-13(2)7-5-8-14(3)15-10-11-16-17(19)9-6-12-18(15,16)4;;;;/h2*13-17,19H,5-12H2,1-4H3;13-16H,5-12H2,1-4H3;;;;/t2*14-,15?,16+,17+,18-;14-,15?,16+,18-;;;;/m111..../s1. The molecule has 0 spiro atoms. The molecule has 0 aromatic heterocycles. The monoisotopic (exact) mass is 1150 g/mol. The van der Waals surface area contributed by atoms with Crippen LogP contribution in [-0.4, -0.2) is 28.2 Å². The molecule has 0 aromatic carbocycles. The van der Waals surface area contributed by atoms with Gasteiger partial charge in [0, 0.05) is 143 Å². The number of aliphatic hydroxyl groups excluding tert-OH is 2. The second-order valence-electron chi connectivity index (χ2n) is 24.0. The predicted octanol–water partition coefficient (Wildman–Crippen LogP) is 15.3. The Morgan fingerprint density at radius 2 is 0.787 bits per heavy atom. The van der Waals surface area contributed by atoms with Gasteiger partial charge in [0.2, 0.25) is 0 Å². The van der Waals surface area contributed by atoms with Crippen LogP contribution in [0.2, 0.25) is 0 Å². The molecule has 6 aliphatic rings. The second kappa shape index (κ2) is 30.7. The van der Waals surface area contributed by atoms with Gasteiger partial charge in [0.05, 0.1) is 12.2 Å². The number of hydrogen-bond donors (Lipinski definition) is 2. The maximum absolute atomic E-state index is 12.2. The summed E-state index contributed by atoms with van der Waals surface area (Å²) >= 11 is 0. The van der Waals surface area contributed by atoms with Crippen LogP contribution in [0.4, 0.5) is 0 Å². The minimum absolute atomic E-state index is 0. The normalized spacial score (nSPS) is 36.6. The van der Waals surface area contributed by atoms with Crippen molar-refractivity contribution in [2.75, 3.05) is 0 Å². The topological polar surface area (TPSA) is 57.5 Å². The van der Waals surface area contributed by atoms with Gasteiger partial charge in [-0.2, -0.15) is 0 Å². The first-order chi connectivity index (χ1) is 26.8. The third-order valence-electron chi connectivity index (χ3n) is 18.6. The Morgan fingerprint density at radius 3 is 1.15 bits per heavy atom. The van der Waals surface area contributed by atoms with Gasteiger partial charge in [-0.05, 0) is 158 Å². The average molecular weight is 1150 g/mol. The van der Waals surface area contributed by atoms with Crippen LogP contribution in [0.15, 0.2) is 0 Å². The van der Waals surface area contributed by atoms with Crippen LogP contribution < -0.4 is 0 Å². The predicted molar refractivity (Wildman–Crippen MR) is 245 cm³/mol. The van der Waals surface area contributed by atoms with Gasteiger partial charge in [-0.1, -0.05) is 154 Å². The summed E-state index contributed by atoms with van der Waals surface area (Å²) in [5, 5.41) is 20.6. The molecule has 3 unspecified atom stereocenters. The zero-order valence-electron chi connectivity index (χ0n) is 42.7. The zero-order valence-corrected chi connectivity index (χ0v) is 54.0. The van der Waals surface area contributed by atoms with Crippen LogP contribution in [0, 0.1) is 87.3 Å². The van der Waals surface area contributed by atoms with Gasteiger partial charge in [-0.15, -0.1) is 0 Å². The summed E-state index contributed by atoms with van der Waals surface area (Å²) < 4.78 is 0. The molecule has 0 saturated heterocycles. The molecule has 346 valence electrons. The van der Waals surface area contributed by atoms with E-state index in [1.54, 1.807) is 0 Å². The van der Waals surface area contributed by atoms with E-state index in [1.807, 2.05) is 0 Å². The minimum Gasteiger partial charge on any atom is -0.393 e. The van der Waals surface area contributed by atoms with E-state index in [-0.39, 0.29) is 143 Å². The number of carbonyl (C=O) groups is 1. The maximum Gasteiger partial charge on any atom is 0.136 e. The summed E-state index contributed by atoms with van der Waals surface area (Å²) in [4.78, 5) is 12.2. The number of carbonyl (C=O) groups excluding carboxylic acids is 1. The van der Waals surface area contributed by atoms with Crippen LogP contribution in [0.25, 0.3) is 0 Å². The van der Waals surface area contributed by atoms with Crippen molar-refractivity contribution < 1.29 is 146 Å². The first-order valence-corrected chi connectivity index (χ1v) is 25.7.